The van der Waals surface area contributed by atoms with Gasteiger partial charge >= 0.3 is 0 Å². The van der Waals surface area contributed by atoms with Crippen molar-refractivity contribution in [1.82, 2.24) is 4.98 Å². The van der Waals surface area contributed by atoms with Crippen molar-refractivity contribution in [2.45, 2.75) is 25.8 Å². The van der Waals surface area contributed by atoms with E-state index in [0.717, 1.165) is 16.7 Å². The van der Waals surface area contributed by atoms with E-state index in [1.807, 2.05) is 6.07 Å². The average molecular weight is 286 g/mol. The summed E-state index contributed by atoms with van der Waals surface area (Å²) >= 11 is 0. The molecule has 0 bridgehead atoms. The van der Waals surface area contributed by atoms with Gasteiger partial charge in [0.25, 0.3) is 0 Å². The first-order valence-corrected chi connectivity index (χ1v) is 7.34. The van der Waals surface area contributed by atoms with E-state index in [4.69, 9.17) is 10.5 Å². The highest BCUT2D eigenvalue weighted by Crippen LogP contribution is 2.31. The molecular formula is C17H19FN2O. The molecule has 2 aromatic rings. The summed E-state index contributed by atoms with van der Waals surface area (Å²) in [6.07, 6.45) is 5.47. The second-order valence-corrected chi connectivity index (χ2v) is 5.46. The minimum absolute atomic E-state index is 0.247. The zero-order valence-corrected chi connectivity index (χ0v) is 11.9. The zero-order chi connectivity index (χ0) is 14.7. The van der Waals surface area contributed by atoms with Crippen molar-refractivity contribution in [2.24, 2.45) is 11.7 Å². The fraction of sp³-hybridized carbons (Fsp3) is 0.353. The first-order chi connectivity index (χ1) is 10.3. The molecule has 0 aliphatic heterocycles. The molecule has 0 spiro atoms. The van der Waals surface area contributed by atoms with E-state index >= 15 is 0 Å². The molecule has 1 fully saturated rings. The predicted octanol–water partition coefficient (Wildman–Crippen LogP) is 3.53. The molecule has 1 saturated carbocycles. The predicted molar refractivity (Wildman–Crippen MR) is 80.4 cm³/mol. The molecule has 3 rings (SSSR count). The molecule has 1 aromatic heterocycles. The summed E-state index contributed by atoms with van der Waals surface area (Å²) in [5.74, 6) is 1.00. The van der Waals surface area contributed by atoms with Gasteiger partial charge in [0.2, 0.25) is 5.88 Å². The molecule has 1 aliphatic carbocycles. The number of nitrogens with two attached hydrogens (primary N) is 1. The highest BCUT2D eigenvalue weighted by atomic mass is 19.1. The van der Waals surface area contributed by atoms with Crippen molar-refractivity contribution in [3.05, 3.63) is 47.9 Å². The van der Waals surface area contributed by atoms with E-state index in [1.165, 1.54) is 31.4 Å². The van der Waals surface area contributed by atoms with Crippen LogP contribution in [-0.4, -0.2) is 11.6 Å². The third-order valence-electron chi connectivity index (χ3n) is 4.06. The Balaban J connectivity index is 1.87. The number of pyridine rings is 1. The van der Waals surface area contributed by atoms with Crippen molar-refractivity contribution in [3.63, 3.8) is 0 Å². The summed E-state index contributed by atoms with van der Waals surface area (Å²) in [5, 5.41) is 0. The monoisotopic (exact) mass is 286 g/mol. The Kier molecular flexibility index (Phi) is 4.15. The number of rotatable bonds is 5. The minimum Gasteiger partial charge on any atom is -0.477 e. The van der Waals surface area contributed by atoms with Crippen LogP contribution >= 0.6 is 0 Å². The molecule has 2 N–H and O–H groups in total. The van der Waals surface area contributed by atoms with Gasteiger partial charge in [0.05, 0.1) is 6.61 Å². The molecule has 1 heterocycles. The van der Waals surface area contributed by atoms with Crippen LogP contribution in [0.2, 0.25) is 0 Å². The molecular weight excluding hydrogens is 267 g/mol. The Labute approximate surface area is 124 Å². The van der Waals surface area contributed by atoms with Gasteiger partial charge in [-0.3, -0.25) is 0 Å². The molecule has 0 amide bonds. The lowest BCUT2D eigenvalue weighted by Crippen LogP contribution is -2.20. The van der Waals surface area contributed by atoms with Gasteiger partial charge in [0.1, 0.15) is 5.82 Å². The van der Waals surface area contributed by atoms with Gasteiger partial charge in [-0.15, -0.1) is 0 Å². The van der Waals surface area contributed by atoms with Gasteiger partial charge in [-0.25, -0.2) is 9.37 Å². The number of halogens is 1. The molecule has 110 valence electrons. The number of hydrogen-bond donors (Lipinski definition) is 1. The third kappa shape index (κ3) is 3.05. The van der Waals surface area contributed by atoms with E-state index in [2.05, 4.69) is 4.98 Å². The molecule has 3 nitrogen and oxygen atoms in total. The van der Waals surface area contributed by atoms with Crippen molar-refractivity contribution < 1.29 is 9.13 Å². The van der Waals surface area contributed by atoms with Crippen LogP contribution in [0.3, 0.4) is 0 Å². The molecule has 21 heavy (non-hydrogen) atoms. The van der Waals surface area contributed by atoms with Gasteiger partial charge in [-0.1, -0.05) is 18.6 Å². The number of aromatic nitrogens is 1. The van der Waals surface area contributed by atoms with E-state index in [1.54, 1.807) is 18.3 Å². The smallest absolute Gasteiger partial charge is 0.218 e. The van der Waals surface area contributed by atoms with Crippen LogP contribution in [0.5, 0.6) is 5.88 Å². The molecule has 0 unspecified atom stereocenters. The van der Waals surface area contributed by atoms with Crippen LogP contribution in [0, 0.1) is 11.7 Å². The molecule has 4 heteroatoms. The lowest BCUT2D eigenvalue weighted by molar-refractivity contribution is 0.174. The Bertz CT molecular complexity index is 609. The largest absolute Gasteiger partial charge is 0.477 e. The first kappa shape index (κ1) is 14.0. The third-order valence-corrected chi connectivity index (χ3v) is 4.06. The van der Waals surface area contributed by atoms with Gasteiger partial charge in [-0.2, -0.15) is 0 Å². The summed E-state index contributed by atoms with van der Waals surface area (Å²) in [5.41, 5.74) is 8.63. The Morgan fingerprint density at radius 1 is 1.19 bits per heavy atom. The molecule has 0 radical (unpaired) electrons. The summed E-state index contributed by atoms with van der Waals surface area (Å²) in [4.78, 5) is 4.31. The van der Waals surface area contributed by atoms with Crippen LogP contribution in [-0.2, 0) is 6.54 Å². The highest BCUT2D eigenvalue weighted by molar-refractivity contribution is 5.68. The fourth-order valence-corrected chi connectivity index (χ4v) is 2.55. The minimum atomic E-state index is -0.247. The molecule has 1 aliphatic rings. The number of ether oxygens (including phenoxy) is 1. The van der Waals surface area contributed by atoms with Gasteiger partial charge in [0, 0.05) is 18.3 Å². The quantitative estimate of drug-likeness (QED) is 0.914. The van der Waals surface area contributed by atoms with Gasteiger partial charge in [-0.05, 0) is 48.1 Å². The molecule has 0 atom stereocenters. The fourth-order valence-electron chi connectivity index (χ4n) is 2.55. The Morgan fingerprint density at radius 3 is 2.57 bits per heavy atom. The number of hydrogen-bond acceptors (Lipinski definition) is 3. The van der Waals surface area contributed by atoms with E-state index in [0.29, 0.717) is 24.9 Å². The Hall–Kier alpha value is -1.94. The standard InChI is InChI=1S/C17H19FN2O/c18-14-6-4-13(5-7-14)15-8-9-20-17(16(15)10-19)21-11-12-2-1-3-12/h4-9,12H,1-3,10-11,19H2. The maximum absolute atomic E-state index is 13.1. The van der Waals surface area contributed by atoms with Crippen LogP contribution in [0.25, 0.3) is 11.1 Å². The summed E-state index contributed by atoms with van der Waals surface area (Å²) in [6, 6.07) is 8.29. The lowest BCUT2D eigenvalue weighted by atomic mass is 9.86. The molecule has 1 aromatic carbocycles. The molecule has 0 saturated heterocycles. The van der Waals surface area contributed by atoms with E-state index < -0.39 is 0 Å². The highest BCUT2D eigenvalue weighted by Gasteiger charge is 2.19. The number of nitrogens with zero attached hydrogens (tertiary/aromatic N) is 1. The van der Waals surface area contributed by atoms with Crippen molar-refractivity contribution in [1.29, 1.82) is 0 Å². The first-order valence-electron chi connectivity index (χ1n) is 7.34. The maximum atomic E-state index is 13.1. The SMILES string of the molecule is NCc1c(-c2ccc(F)cc2)ccnc1OCC1CCC1. The van der Waals surface area contributed by atoms with Crippen molar-refractivity contribution >= 4 is 0 Å². The average Bonchev–Trinajstić information content (AvgIpc) is 2.46. The lowest BCUT2D eigenvalue weighted by Gasteiger charge is -2.25. The summed E-state index contributed by atoms with van der Waals surface area (Å²) < 4.78 is 18.9. The Morgan fingerprint density at radius 2 is 1.95 bits per heavy atom. The van der Waals surface area contributed by atoms with E-state index in [-0.39, 0.29) is 5.82 Å². The topological polar surface area (TPSA) is 48.1 Å². The van der Waals surface area contributed by atoms with Crippen molar-refractivity contribution in [3.8, 4) is 17.0 Å². The van der Waals surface area contributed by atoms with Crippen LogP contribution in [0.15, 0.2) is 36.5 Å². The van der Waals surface area contributed by atoms with Crippen LogP contribution in [0.1, 0.15) is 24.8 Å². The number of benzene rings is 1. The van der Waals surface area contributed by atoms with Crippen LogP contribution in [0.4, 0.5) is 4.39 Å². The summed E-state index contributed by atoms with van der Waals surface area (Å²) in [6.45, 7) is 1.05. The second kappa shape index (κ2) is 6.22. The zero-order valence-electron chi connectivity index (χ0n) is 11.9. The maximum Gasteiger partial charge on any atom is 0.218 e. The normalized spacial score (nSPS) is 14.8. The van der Waals surface area contributed by atoms with E-state index in [9.17, 15) is 4.39 Å². The van der Waals surface area contributed by atoms with Gasteiger partial charge in [0.15, 0.2) is 0 Å². The van der Waals surface area contributed by atoms with Gasteiger partial charge < -0.3 is 10.5 Å². The van der Waals surface area contributed by atoms with Crippen molar-refractivity contribution in [2.75, 3.05) is 6.61 Å². The van der Waals surface area contributed by atoms with Crippen LogP contribution < -0.4 is 10.5 Å². The second-order valence-electron chi connectivity index (χ2n) is 5.46. The summed E-state index contributed by atoms with van der Waals surface area (Å²) in [7, 11) is 0.